The molecule has 0 saturated carbocycles. The molecule has 198 valence electrons. The number of fused-ring (bicyclic) bond motifs is 8. The van der Waals surface area contributed by atoms with Crippen molar-refractivity contribution in [1.29, 1.82) is 0 Å². The third-order valence-corrected chi connectivity index (χ3v) is 8.91. The maximum Gasteiger partial charge on any atom is 0.132 e. The summed E-state index contributed by atoms with van der Waals surface area (Å²) < 4.78 is 6.72. The van der Waals surface area contributed by atoms with Gasteiger partial charge in [-0.1, -0.05) is 104 Å². The Bertz CT molecular complexity index is 1760. The lowest BCUT2D eigenvalue weighted by atomic mass is 9.60. The molecule has 5 aromatic carbocycles. The van der Waals surface area contributed by atoms with Crippen molar-refractivity contribution >= 4 is 11.4 Å². The molecule has 2 aliphatic heterocycles. The third-order valence-electron chi connectivity index (χ3n) is 8.91. The van der Waals surface area contributed by atoms with E-state index >= 15 is 0 Å². The maximum absolute atomic E-state index is 6.72. The van der Waals surface area contributed by atoms with Gasteiger partial charge < -0.3 is 10.1 Å². The largest absolute Gasteiger partial charge is 0.457 e. The van der Waals surface area contributed by atoms with Gasteiger partial charge in [0.1, 0.15) is 11.5 Å². The highest BCUT2D eigenvalue weighted by molar-refractivity contribution is 5.88. The van der Waals surface area contributed by atoms with Gasteiger partial charge in [-0.05, 0) is 88.5 Å². The van der Waals surface area contributed by atoms with Crippen molar-refractivity contribution in [3.8, 4) is 28.0 Å². The zero-order valence-electron chi connectivity index (χ0n) is 23.1. The lowest BCUT2D eigenvalue weighted by molar-refractivity contribution is 0.386. The number of rotatable bonds is 2. The van der Waals surface area contributed by atoms with Gasteiger partial charge in [-0.25, -0.2) is 0 Å². The van der Waals surface area contributed by atoms with Gasteiger partial charge in [-0.2, -0.15) is 0 Å². The number of nitrogens with one attached hydrogen (secondary N) is 1. The first-order valence-electron chi connectivity index (χ1n) is 14.6. The number of allylic oxidation sites excluding steroid dienone is 3. The van der Waals surface area contributed by atoms with Crippen LogP contribution in [0.25, 0.3) is 22.3 Å². The molecule has 0 radical (unpaired) electrons. The monoisotopic (exact) mass is 529 g/mol. The standard InChI is InChI=1S/C39H31NO/c1-26-11-10-18-38-34(23-26)39(31-16-8-9-17-37(31)41-38)32-24-29(27-12-4-2-5-13-27)19-21-35(32)40-36-22-20-30(25-33(36)39)28-14-6-3-7-15-28/h2-9,12-26,40H,10-11H2,1H3. The number of anilines is 2. The van der Waals surface area contributed by atoms with Gasteiger partial charge in [0, 0.05) is 22.5 Å². The molecular weight excluding hydrogens is 498 g/mol. The second kappa shape index (κ2) is 9.38. The van der Waals surface area contributed by atoms with E-state index in [1.165, 1.54) is 44.5 Å². The summed E-state index contributed by atoms with van der Waals surface area (Å²) >= 11 is 0. The van der Waals surface area contributed by atoms with E-state index in [9.17, 15) is 0 Å². The number of hydrogen-bond acceptors (Lipinski definition) is 2. The first kappa shape index (κ1) is 24.0. The van der Waals surface area contributed by atoms with Crippen molar-refractivity contribution in [1.82, 2.24) is 0 Å². The Morgan fingerprint density at radius 3 is 1.85 bits per heavy atom. The van der Waals surface area contributed by atoms with Crippen LogP contribution in [0.4, 0.5) is 11.4 Å². The Labute approximate surface area is 241 Å². The Balaban J connectivity index is 1.51. The summed E-state index contributed by atoms with van der Waals surface area (Å²) in [5.41, 5.74) is 11.6. The van der Waals surface area contributed by atoms with Gasteiger partial charge in [0.25, 0.3) is 0 Å². The molecule has 2 heteroatoms. The molecule has 0 saturated heterocycles. The molecule has 41 heavy (non-hydrogen) atoms. The Kier molecular flexibility index (Phi) is 5.50. The highest BCUT2D eigenvalue weighted by atomic mass is 16.5. The topological polar surface area (TPSA) is 21.3 Å². The van der Waals surface area contributed by atoms with Crippen LogP contribution in [0.2, 0.25) is 0 Å². The van der Waals surface area contributed by atoms with Crippen LogP contribution in [-0.2, 0) is 5.41 Å². The Hall–Kier alpha value is -4.82. The summed E-state index contributed by atoms with van der Waals surface area (Å²) in [6.07, 6.45) is 6.91. The smallest absolute Gasteiger partial charge is 0.132 e. The third kappa shape index (κ3) is 3.71. The summed E-state index contributed by atoms with van der Waals surface area (Å²) in [6, 6.07) is 43.9. The van der Waals surface area contributed by atoms with Gasteiger partial charge in [-0.15, -0.1) is 0 Å². The fourth-order valence-corrected chi connectivity index (χ4v) is 6.99. The van der Waals surface area contributed by atoms with E-state index in [2.05, 4.69) is 146 Å². The second-order valence-corrected chi connectivity index (χ2v) is 11.4. The van der Waals surface area contributed by atoms with E-state index in [1.54, 1.807) is 0 Å². The molecule has 3 aliphatic rings. The average Bonchev–Trinajstić information content (AvgIpc) is 3.22. The summed E-state index contributed by atoms with van der Waals surface area (Å²) in [5, 5.41) is 3.84. The molecule has 2 heterocycles. The molecule has 1 aliphatic carbocycles. The molecule has 1 spiro atoms. The van der Waals surface area contributed by atoms with Gasteiger partial charge in [0.15, 0.2) is 0 Å². The first-order chi connectivity index (χ1) is 20.2. The van der Waals surface area contributed by atoms with Crippen molar-refractivity contribution in [3.63, 3.8) is 0 Å². The minimum atomic E-state index is -0.537. The number of ether oxygens (including phenoxy) is 1. The highest BCUT2D eigenvalue weighted by Gasteiger charge is 2.51. The van der Waals surface area contributed by atoms with E-state index in [1.807, 2.05) is 0 Å². The molecule has 8 rings (SSSR count). The van der Waals surface area contributed by atoms with Crippen LogP contribution in [-0.4, -0.2) is 0 Å². The number of hydrogen-bond donors (Lipinski definition) is 1. The molecular formula is C39H31NO. The van der Waals surface area contributed by atoms with Gasteiger partial charge in [0.2, 0.25) is 0 Å². The summed E-state index contributed by atoms with van der Waals surface area (Å²) in [4.78, 5) is 0. The molecule has 5 aromatic rings. The van der Waals surface area contributed by atoms with Gasteiger partial charge in [0.05, 0.1) is 5.41 Å². The second-order valence-electron chi connectivity index (χ2n) is 11.4. The zero-order chi connectivity index (χ0) is 27.4. The van der Waals surface area contributed by atoms with Crippen LogP contribution in [0.3, 0.4) is 0 Å². The predicted octanol–water partition coefficient (Wildman–Crippen LogP) is 10.0. The molecule has 2 nitrogen and oxygen atoms in total. The summed E-state index contributed by atoms with van der Waals surface area (Å²) in [5.74, 6) is 2.35. The van der Waals surface area contributed by atoms with Crippen LogP contribution < -0.4 is 10.1 Å². The van der Waals surface area contributed by atoms with Crippen LogP contribution in [0.5, 0.6) is 5.75 Å². The first-order valence-corrected chi connectivity index (χ1v) is 14.6. The van der Waals surface area contributed by atoms with Crippen LogP contribution >= 0.6 is 0 Å². The normalized spacial score (nSPS) is 17.8. The lowest BCUT2D eigenvalue weighted by Gasteiger charge is -2.47. The SMILES string of the molecule is CC1C=C2C(=CCC1)Oc1ccccc1C21c2cc(-c3ccccc3)ccc2Nc2ccc(-c3ccccc3)cc21. The van der Waals surface area contributed by atoms with E-state index in [-0.39, 0.29) is 0 Å². The molecule has 0 amide bonds. The number of para-hydroxylation sites is 1. The van der Waals surface area contributed by atoms with E-state index < -0.39 is 5.41 Å². The fraction of sp³-hybridized carbons (Fsp3) is 0.128. The average molecular weight is 530 g/mol. The van der Waals surface area contributed by atoms with Crippen molar-refractivity contribution in [2.24, 2.45) is 5.92 Å². The zero-order valence-corrected chi connectivity index (χ0v) is 23.1. The Morgan fingerprint density at radius 1 is 0.634 bits per heavy atom. The lowest BCUT2D eigenvalue weighted by Crippen LogP contribution is -2.40. The minimum absolute atomic E-state index is 0.431. The molecule has 0 aromatic heterocycles. The minimum Gasteiger partial charge on any atom is -0.457 e. The van der Waals surface area contributed by atoms with Crippen LogP contribution in [0.1, 0.15) is 36.5 Å². The quantitative estimate of drug-likeness (QED) is 0.246. The van der Waals surface area contributed by atoms with Crippen molar-refractivity contribution in [3.05, 3.63) is 162 Å². The molecule has 1 atom stereocenters. The van der Waals surface area contributed by atoms with Gasteiger partial charge >= 0.3 is 0 Å². The molecule has 0 bridgehead atoms. The van der Waals surface area contributed by atoms with Crippen molar-refractivity contribution in [2.45, 2.75) is 25.2 Å². The predicted molar refractivity (Wildman–Crippen MR) is 169 cm³/mol. The molecule has 1 unspecified atom stereocenters. The van der Waals surface area contributed by atoms with Crippen LogP contribution in [0, 0.1) is 5.92 Å². The van der Waals surface area contributed by atoms with E-state index in [0.29, 0.717) is 5.92 Å². The maximum atomic E-state index is 6.72. The van der Waals surface area contributed by atoms with Crippen molar-refractivity contribution < 1.29 is 4.74 Å². The van der Waals surface area contributed by atoms with E-state index in [4.69, 9.17) is 4.74 Å². The highest BCUT2D eigenvalue weighted by Crippen LogP contribution is 2.61. The summed E-state index contributed by atoms with van der Waals surface area (Å²) in [7, 11) is 0. The van der Waals surface area contributed by atoms with Gasteiger partial charge in [-0.3, -0.25) is 0 Å². The molecule has 1 N–H and O–H groups in total. The van der Waals surface area contributed by atoms with E-state index in [0.717, 1.165) is 35.7 Å². The fourth-order valence-electron chi connectivity index (χ4n) is 6.99. The summed E-state index contributed by atoms with van der Waals surface area (Å²) in [6.45, 7) is 2.33. The molecule has 0 fully saturated rings. The van der Waals surface area contributed by atoms with Crippen LogP contribution in [0.15, 0.2) is 145 Å². The van der Waals surface area contributed by atoms with Crippen molar-refractivity contribution in [2.75, 3.05) is 5.32 Å². The number of benzene rings is 5. The Morgan fingerprint density at radius 2 is 1.22 bits per heavy atom.